The maximum absolute atomic E-state index is 13.0. The summed E-state index contributed by atoms with van der Waals surface area (Å²) in [6.07, 6.45) is 0. The molecule has 0 aliphatic carbocycles. The van der Waals surface area contributed by atoms with Crippen LogP contribution in [0.4, 0.5) is 10.1 Å². The average Bonchev–Trinajstić information content (AvgIpc) is 2.54. The van der Waals surface area contributed by atoms with Crippen LogP contribution in [0.25, 0.3) is 0 Å². The molecule has 0 saturated carbocycles. The molecule has 0 unspecified atom stereocenters. The first-order valence-electron chi connectivity index (χ1n) is 7.25. The highest BCUT2D eigenvalue weighted by Crippen LogP contribution is 2.20. The van der Waals surface area contributed by atoms with E-state index in [9.17, 15) is 14.0 Å². The lowest BCUT2D eigenvalue weighted by molar-refractivity contribution is -0.122. The van der Waals surface area contributed by atoms with Crippen molar-refractivity contribution in [1.29, 1.82) is 0 Å². The zero-order valence-electron chi connectivity index (χ0n) is 12.9. The SMILES string of the molecule is CCNC(=O)COc1ccc(NC(=O)c2ccc(F)cc2Cl)cc1. The van der Waals surface area contributed by atoms with E-state index in [0.717, 1.165) is 6.07 Å². The summed E-state index contributed by atoms with van der Waals surface area (Å²) in [5, 5.41) is 5.31. The number of anilines is 1. The van der Waals surface area contributed by atoms with Crippen LogP contribution >= 0.6 is 11.6 Å². The minimum Gasteiger partial charge on any atom is -0.484 e. The van der Waals surface area contributed by atoms with E-state index in [4.69, 9.17) is 16.3 Å². The molecule has 0 spiro atoms. The second-order valence-electron chi connectivity index (χ2n) is 4.84. The minimum absolute atomic E-state index is 0.0365. The third-order valence-corrected chi connectivity index (χ3v) is 3.34. The topological polar surface area (TPSA) is 67.4 Å². The van der Waals surface area contributed by atoms with E-state index in [1.807, 2.05) is 6.92 Å². The van der Waals surface area contributed by atoms with Crippen molar-refractivity contribution in [3.05, 3.63) is 58.9 Å². The number of carbonyl (C=O) groups is 2. The number of likely N-dealkylation sites (N-methyl/N-ethyl adjacent to an activating group) is 1. The predicted octanol–water partition coefficient (Wildman–Crippen LogP) is 3.25. The summed E-state index contributed by atoms with van der Waals surface area (Å²) in [6.45, 7) is 2.28. The van der Waals surface area contributed by atoms with Gasteiger partial charge in [-0.25, -0.2) is 4.39 Å². The maximum atomic E-state index is 13.0. The van der Waals surface area contributed by atoms with Crippen LogP contribution in [0.1, 0.15) is 17.3 Å². The molecule has 0 atom stereocenters. The van der Waals surface area contributed by atoms with Gasteiger partial charge in [-0.2, -0.15) is 0 Å². The van der Waals surface area contributed by atoms with E-state index >= 15 is 0 Å². The molecule has 7 heteroatoms. The Bertz CT molecular complexity index is 735. The average molecular weight is 351 g/mol. The first kappa shape index (κ1) is 17.7. The maximum Gasteiger partial charge on any atom is 0.257 e. The summed E-state index contributed by atoms with van der Waals surface area (Å²) in [4.78, 5) is 23.4. The first-order valence-corrected chi connectivity index (χ1v) is 7.63. The number of nitrogens with one attached hydrogen (secondary N) is 2. The molecule has 2 aromatic carbocycles. The van der Waals surface area contributed by atoms with Crippen molar-refractivity contribution in [2.24, 2.45) is 0 Å². The summed E-state index contributed by atoms with van der Waals surface area (Å²) in [5.74, 6) is -0.666. The van der Waals surface area contributed by atoms with Gasteiger partial charge in [0.2, 0.25) is 0 Å². The van der Waals surface area contributed by atoms with E-state index in [1.54, 1.807) is 24.3 Å². The molecule has 5 nitrogen and oxygen atoms in total. The number of carbonyl (C=O) groups excluding carboxylic acids is 2. The van der Waals surface area contributed by atoms with E-state index in [0.29, 0.717) is 18.0 Å². The van der Waals surface area contributed by atoms with Crippen molar-refractivity contribution in [1.82, 2.24) is 5.32 Å². The smallest absolute Gasteiger partial charge is 0.257 e. The number of hydrogen-bond acceptors (Lipinski definition) is 3. The van der Waals surface area contributed by atoms with Gasteiger partial charge in [-0.15, -0.1) is 0 Å². The Morgan fingerprint density at radius 1 is 1.17 bits per heavy atom. The Labute approximate surface area is 143 Å². The van der Waals surface area contributed by atoms with Gasteiger partial charge in [0, 0.05) is 12.2 Å². The van der Waals surface area contributed by atoms with Gasteiger partial charge in [0.05, 0.1) is 10.6 Å². The van der Waals surface area contributed by atoms with Gasteiger partial charge in [-0.1, -0.05) is 11.6 Å². The Kier molecular flexibility index (Phi) is 6.14. The predicted molar refractivity (Wildman–Crippen MR) is 90.0 cm³/mol. The Morgan fingerprint density at radius 2 is 1.88 bits per heavy atom. The standard InChI is InChI=1S/C17H16ClFN2O3/c1-2-20-16(22)10-24-13-6-4-12(5-7-13)21-17(23)14-8-3-11(19)9-15(14)18/h3-9H,2,10H2,1H3,(H,20,22)(H,21,23). The Hall–Kier alpha value is -2.60. The third kappa shape index (κ3) is 4.96. The molecular weight excluding hydrogens is 335 g/mol. The van der Waals surface area contributed by atoms with Gasteiger partial charge >= 0.3 is 0 Å². The Morgan fingerprint density at radius 3 is 2.50 bits per heavy atom. The molecule has 2 rings (SSSR count). The van der Waals surface area contributed by atoms with Gasteiger partial charge in [0.25, 0.3) is 11.8 Å². The minimum atomic E-state index is -0.509. The summed E-state index contributed by atoms with van der Waals surface area (Å²) >= 11 is 5.85. The first-order chi connectivity index (χ1) is 11.5. The highest BCUT2D eigenvalue weighted by Gasteiger charge is 2.11. The highest BCUT2D eigenvalue weighted by atomic mass is 35.5. The van der Waals surface area contributed by atoms with Crippen LogP contribution in [-0.2, 0) is 4.79 Å². The van der Waals surface area contributed by atoms with Crippen LogP contribution in [0, 0.1) is 5.82 Å². The van der Waals surface area contributed by atoms with Gasteiger partial charge in [-0.3, -0.25) is 9.59 Å². The van der Waals surface area contributed by atoms with Crippen molar-refractivity contribution < 1.29 is 18.7 Å². The largest absolute Gasteiger partial charge is 0.484 e. The fraction of sp³-hybridized carbons (Fsp3) is 0.176. The van der Waals surface area contributed by atoms with Crippen molar-refractivity contribution >= 4 is 29.1 Å². The molecule has 0 fully saturated rings. The van der Waals surface area contributed by atoms with Gasteiger partial charge in [-0.05, 0) is 49.4 Å². The van der Waals surface area contributed by atoms with Crippen molar-refractivity contribution in [3.63, 3.8) is 0 Å². The van der Waals surface area contributed by atoms with Crippen LogP contribution in [0.15, 0.2) is 42.5 Å². The van der Waals surface area contributed by atoms with Gasteiger partial charge in [0.15, 0.2) is 6.61 Å². The summed E-state index contributed by atoms with van der Waals surface area (Å²) in [7, 11) is 0. The lowest BCUT2D eigenvalue weighted by Crippen LogP contribution is -2.28. The van der Waals surface area contributed by atoms with Crippen molar-refractivity contribution in [3.8, 4) is 5.75 Å². The molecule has 0 aromatic heterocycles. The molecular formula is C17H16ClFN2O3. The van der Waals surface area contributed by atoms with Gasteiger partial charge < -0.3 is 15.4 Å². The van der Waals surface area contributed by atoms with Crippen LogP contribution in [0.5, 0.6) is 5.75 Å². The molecule has 2 aromatic rings. The molecule has 0 heterocycles. The van der Waals surface area contributed by atoms with Crippen LogP contribution < -0.4 is 15.4 Å². The second kappa shape index (κ2) is 8.31. The number of halogens is 2. The molecule has 2 N–H and O–H groups in total. The van der Waals surface area contributed by atoms with Gasteiger partial charge in [0.1, 0.15) is 11.6 Å². The molecule has 0 aliphatic heterocycles. The molecule has 0 radical (unpaired) electrons. The summed E-state index contributed by atoms with van der Waals surface area (Å²) < 4.78 is 18.3. The van der Waals surface area contributed by atoms with Crippen molar-refractivity contribution in [2.75, 3.05) is 18.5 Å². The zero-order chi connectivity index (χ0) is 17.5. The summed E-state index contributed by atoms with van der Waals surface area (Å²) in [5.41, 5.74) is 0.695. The second-order valence-corrected chi connectivity index (χ2v) is 5.25. The Balaban J connectivity index is 1.96. The lowest BCUT2D eigenvalue weighted by Gasteiger charge is -2.09. The van der Waals surface area contributed by atoms with Crippen molar-refractivity contribution in [2.45, 2.75) is 6.92 Å². The monoisotopic (exact) mass is 350 g/mol. The molecule has 126 valence electrons. The van der Waals surface area contributed by atoms with E-state index in [1.165, 1.54) is 12.1 Å². The molecule has 0 bridgehead atoms. The summed E-state index contributed by atoms with van der Waals surface area (Å²) in [6, 6.07) is 10.1. The van der Waals surface area contributed by atoms with E-state index in [2.05, 4.69) is 10.6 Å². The molecule has 0 aliphatic rings. The fourth-order valence-corrected chi connectivity index (χ4v) is 2.16. The molecule has 2 amide bonds. The van der Waals surface area contributed by atoms with Crippen LogP contribution in [-0.4, -0.2) is 25.0 Å². The quantitative estimate of drug-likeness (QED) is 0.840. The zero-order valence-corrected chi connectivity index (χ0v) is 13.7. The molecule has 0 saturated heterocycles. The normalized spacial score (nSPS) is 10.1. The number of hydrogen-bond donors (Lipinski definition) is 2. The number of ether oxygens (including phenoxy) is 1. The lowest BCUT2D eigenvalue weighted by atomic mass is 10.2. The van der Waals surface area contributed by atoms with Crippen LogP contribution in [0.3, 0.4) is 0 Å². The van der Waals surface area contributed by atoms with E-state index < -0.39 is 11.7 Å². The fourth-order valence-electron chi connectivity index (χ4n) is 1.90. The molecule has 24 heavy (non-hydrogen) atoms. The number of amides is 2. The third-order valence-electron chi connectivity index (χ3n) is 3.03. The highest BCUT2D eigenvalue weighted by molar-refractivity contribution is 6.34. The van der Waals surface area contributed by atoms with Crippen LogP contribution in [0.2, 0.25) is 5.02 Å². The van der Waals surface area contributed by atoms with E-state index in [-0.39, 0.29) is 23.1 Å². The number of rotatable bonds is 6. The number of benzene rings is 2.